The Morgan fingerprint density at radius 1 is 0.436 bits per heavy atom. The van der Waals surface area contributed by atoms with Gasteiger partial charge in [0.1, 0.15) is 61.4 Å². The average Bonchev–Trinajstić information content (AvgIpc) is 0.844. The van der Waals surface area contributed by atoms with E-state index in [1.165, 1.54) is 64.0 Å². The van der Waals surface area contributed by atoms with Gasteiger partial charge in [-0.15, -0.1) is 0 Å². The number of carbonyl (C=O) groups is 12. The van der Waals surface area contributed by atoms with Crippen molar-refractivity contribution in [1.82, 2.24) is 26.6 Å². The van der Waals surface area contributed by atoms with Crippen molar-refractivity contribution in [2.24, 2.45) is 39.9 Å². The first-order valence-corrected chi connectivity index (χ1v) is 39.9. The van der Waals surface area contributed by atoms with E-state index >= 15 is 0 Å². The second-order valence-electron chi connectivity index (χ2n) is 27.7. The Bertz CT molecular complexity index is 2760. The van der Waals surface area contributed by atoms with Gasteiger partial charge >= 0.3 is 5.97 Å². The SMILES string of the molecule is CNC(CCCCNC(=O)COCCOCCNC(=O)COCCOCCCC(=O)COCCOCCNC(=O)COCCOCCCC(=O)CCCC(=O)CC[C@H](CC(=O)CCCCCCCCCCCCCCCCC(=O)O)C(C)=O)C(=O)C(C)[C@@H](CCCN=C(N)N)C(=O)N[C@@H](Cc1ccc(O)cc1)C(N)=O. The maximum absolute atomic E-state index is 13.8. The Labute approximate surface area is 651 Å². The van der Waals surface area contributed by atoms with Crippen molar-refractivity contribution in [2.75, 3.05) is 139 Å². The molecule has 13 N–H and O–H groups in total. The lowest BCUT2D eigenvalue weighted by Gasteiger charge is -2.27. The maximum Gasteiger partial charge on any atom is 0.303 e. The summed E-state index contributed by atoms with van der Waals surface area (Å²) < 4.78 is 43.4. The van der Waals surface area contributed by atoms with E-state index in [-0.39, 0.29) is 228 Å². The number of primary amides is 1. The van der Waals surface area contributed by atoms with Crippen molar-refractivity contribution in [3.63, 3.8) is 0 Å². The van der Waals surface area contributed by atoms with Crippen LogP contribution >= 0.6 is 0 Å². The number of phenols is 1. The molecule has 110 heavy (non-hydrogen) atoms. The van der Waals surface area contributed by atoms with Crippen LogP contribution < -0.4 is 43.8 Å². The van der Waals surface area contributed by atoms with Crippen LogP contribution in [0.5, 0.6) is 5.75 Å². The number of ketones is 6. The Hall–Kier alpha value is -7.23. The number of ether oxygens (including phenoxy) is 8. The summed E-state index contributed by atoms with van der Waals surface area (Å²) in [5.74, 6) is -5.31. The first kappa shape index (κ1) is 101. The summed E-state index contributed by atoms with van der Waals surface area (Å²) in [7, 11) is 1.66. The number of carboxylic acid groups (broad SMARTS) is 1. The van der Waals surface area contributed by atoms with Gasteiger partial charge in [0.15, 0.2) is 17.5 Å². The van der Waals surface area contributed by atoms with Gasteiger partial charge in [0.25, 0.3) is 0 Å². The van der Waals surface area contributed by atoms with Gasteiger partial charge in [-0.2, -0.15) is 0 Å². The van der Waals surface area contributed by atoms with Gasteiger partial charge in [0, 0.05) is 115 Å². The van der Waals surface area contributed by atoms with Crippen LogP contribution in [0.15, 0.2) is 29.3 Å². The van der Waals surface area contributed by atoms with Gasteiger partial charge in [-0.05, 0) is 102 Å². The van der Waals surface area contributed by atoms with Crippen LogP contribution in [0.25, 0.3) is 0 Å². The summed E-state index contributed by atoms with van der Waals surface area (Å²) in [6, 6.07) is 4.51. The smallest absolute Gasteiger partial charge is 0.303 e. The Morgan fingerprint density at radius 2 is 0.873 bits per heavy atom. The van der Waals surface area contributed by atoms with Gasteiger partial charge in [-0.3, -0.25) is 62.5 Å². The summed E-state index contributed by atoms with van der Waals surface area (Å²) in [5, 5.41) is 32.3. The van der Waals surface area contributed by atoms with E-state index in [4.69, 9.17) is 60.2 Å². The molecule has 0 heterocycles. The topological polar surface area (TPSA) is 470 Å². The summed E-state index contributed by atoms with van der Waals surface area (Å²) in [6.45, 7) is 6.40. The summed E-state index contributed by atoms with van der Waals surface area (Å²) in [5.41, 5.74) is 17.3. The van der Waals surface area contributed by atoms with Gasteiger partial charge in [-0.25, -0.2) is 0 Å². The second kappa shape index (κ2) is 68.6. The molecule has 5 amide bonds. The minimum absolute atomic E-state index is 0.0106. The van der Waals surface area contributed by atoms with E-state index in [0.29, 0.717) is 89.5 Å². The van der Waals surface area contributed by atoms with Crippen molar-refractivity contribution >= 4 is 76.2 Å². The molecule has 0 bridgehead atoms. The zero-order chi connectivity index (χ0) is 81.0. The molecule has 1 aromatic carbocycles. The number of nitrogens with zero attached hydrogens (tertiary/aromatic N) is 1. The Kier molecular flexibility index (Phi) is 62.8. The molecule has 0 aliphatic carbocycles. The third-order valence-electron chi connectivity index (χ3n) is 18.2. The molecule has 0 saturated heterocycles. The zero-order valence-electron chi connectivity index (χ0n) is 66.2. The van der Waals surface area contributed by atoms with Crippen molar-refractivity contribution in [3.05, 3.63) is 29.8 Å². The Balaban J connectivity index is 1.98. The van der Waals surface area contributed by atoms with E-state index in [1.54, 1.807) is 26.1 Å². The number of amides is 5. The van der Waals surface area contributed by atoms with Crippen LogP contribution in [0.2, 0.25) is 0 Å². The quantitative estimate of drug-likeness (QED) is 0.0211. The van der Waals surface area contributed by atoms with E-state index in [9.17, 15) is 62.6 Å². The molecule has 31 nitrogen and oxygen atoms in total. The number of unbranched alkanes of at least 4 members (excludes halogenated alkanes) is 14. The van der Waals surface area contributed by atoms with Gasteiger partial charge in [-0.1, -0.05) is 96.1 Å². The number of aliphatic imine (C=N–C) groups is 1. The highest BCUT2D eigenvalue weighted by atomic mass is 16.5. The lowest BCUT2D eigenvalue weighted by atomic mass is 9.82. The number of aromatic hydroxyl groups is 1. The predicted molar refractivity (Wildman–Crippen MR) is 415 cm³/mol. The number of carboxylic acids is 1. The largest absolute Gasteiger partial charge is 0.508 e. The number of hydrogen-bond donors (Lipinski definition) is 10. The van der Waals surface area contributed by atoms with Crippen molar-refractivity contribution in [1.29, 1.82) is 0 Å². The fourth-order valence-electron chi connectivity index (χ4n) is 11.8. The third kappa shape index (κ3) is 59.6. The maximum atomic E-state index is 13.8. The lowest BCUT2D eigenvalue weighted by Crippen LogP contribution is -2.50. The molecule has 5 atom stereocenters. The fourth-order valence-corrected chi connectivity index (χ4v) is 11.8. The number of hydrogen-bond acceptors (Lipinski definition) is 23. The molecule has 628 valence electrons. The van der Waals surface area contributed by atoms with Crippen LogP contribution in [-0.4, -0.2) is 237 Å². The molecule has 0 fully saturated rings. The van der Waals surface area contributed by atoms with Gasteiger partial charge in [0.2, 0.25) is 29.5 Å². The van der Waals surface area contributed by atoms with Crippen molar-refractivity contribution < 1.29 is 106 Å². The number of nitrogens with two attached hydrogens (primary N) is 3. The standard InChI is InChI=1S/C79H135N9O22/c1-60(69(29-21-39-87-79(81)82)78(102)88-71(77(80)101)54-62-32-35-66(92)36-33-62)76(100)70(83-3)30-18-19-38-84-72(95)57-110-53-49-106-45-41-86-74(97)59-109-52-47-104-43-23-28-68(94)56-107-50-48-105-44-40-85-73(96)58-108-51-46-103-42-22-27-64(90)25-20-26-65(91)37-34-63(61(2)89)55-67(93)24-16-14-12-10-8-6-4-5-7-9-11-13-15-17-31-75(98)99/h32-33,35-36,60,63,69-71,83,92H,4-31,34,37-59H2,1-3H3,(H2,80,101)(H,84,95)(H,85,96)(H,86,97)(H,88,102)(H,98,99)(H4,81,82,87)/t60?,63-,69-,70?,71+/m1/s1. The number of guanidine groups is 1. The molecule has 1 rings (SSSR count). The molecule has 0 aromatic heterocycles. The van der Waals surface area contributed by atoms with Crippen LogP contribution in [0.3, 0.4) is 0 Å². The van der Waals surface area contributed by atoms with Gasteiger partial charge < -0.3 is 91.9 Å². The number of benzene rings is 1. The minimum atomic E-state index is -1.06. The summed E-state index contributed by atoms with van der Waals surface area (Å²) in [4.78, 5) is 153. The molecule has 2 unspecified atom stereocenters. The third-order valence-corrected chi connectivity index (χ3v) is 18.2. The van der Waals surface area contributed by atoms with Crippen LogP contribution in [0.4, 0.5) is 0 Å². The highest BCUT2D eigenvalue weighted by Gasteiger charge is 2.35. The van der Waals surface area contributed by atoms with E-state index in [0.717, 1.165) is 44.9 Å². The molecular weight excluding hydrogens is 1430 g/mol. The van der Waals surface area contributed by atoms with E-state index in [2.05, 4.69) is 31.6 Å². The zero-order valence-corrected chi connectivity index (χ0v) is 66.2. The number of phenolic OH excluding ortho intramolecular Hbond substituents is 1. The van der Waals surface area contributed by atoms with Crippen LogP contribution in [-0.2, 0) is 102 Å². The summed E-state index contributed by atoms with van der Waals surface area (Å²) in [6.07, 6.45) is 21.9. The highest BCUT2D eigenvalue weighted by Crippen LogP contribution is 2.24. The predicted octanol–water partition coefficient (Wildman–Crippen LogP) is 5.73. The molecule has 0 aliphatic heterocycles. The number of carbonyl (C=O) groups excluding carboxylic acids is 11. The molecule has 0 spiro atoms. The number of rotatable bonds is 79. The first-order valence-electron chi connectivity index (χ1n) is 39.9. The molecule has 0 aliphatic rings. The normalized spacial score (nSPS) is 12.6. The molecular formula is C79H135N9O22. The minimum Gasteiger partial charge on any atom is -0.508 e. The monoisotopic (exact) mass is 1560 g/mol. The van der Waals surface area contributed by atoms with E-state index in [1.807, 2.05) is 0 Å². The fraction of sp³-hybridized carbons (Fsp3) is 0.759. The molecule has 1 aromatic rings. The highest BCUT2D eigenvalue weighted by molar-refractivity contribution is 5.94. The lowest BCUT2D eigenvalue weighted by molar-refractivity contribution is -0.137. The number of likely N-dealkylation sites (N-methyl/N-ethyl adjacent to an activating group) is 1. The molecule has 0 radical (unpaired) electrons. The average molecular weight is 1560 g/mol. The van der Waals surface area contributed by atoms with Gasteiger partial charge in [0.05, 0.1) is 72.1 Å². The van der Waals surface area contributed by atoms with Crippen LogP contribution in [0.1, 0.15) is 218 Å². The summed E-state index contributed by atoms with van der Waals surface area (Å²) >= 11 is 0. The number of nitrogens with one attached hydrogen (secondary N) is 5. The van der Waals surface area contributed by atoms with Crippen LogP contribution in [0, 0.1) is 17.8 Å². The van der Waals surface area contributed by atoms with E-state index < -0.39 is 47.6 Å². The first-order chi connectivity index (χ1) is 53.0. The van der Waals surface area contributed by atoms with Crippen molar-refractivity contribution in [2.45, 2.75) is 231 Å². The molecule has 31 heteroatoms. The number of Topliss-reactive ketones (excluding diaryl/α,β-unsaturated/α-hetero) is 6. The number of aliphatic carboxylic acids is 1. The molecule has 0 saturated carbocycles. The Morgan fingerprint density at radius 3 is 1.35 bits per heavy atom. The van der Waals surface area contributed by atoms with Crippen molar-refractivity contribution in [3.8, 4) is 5.75 Å². The second-order valence-corrected chi connectivity index (χ2v) is 27.7.